The molecule has 0 bridgehead atoms. The lowest BCUT2D eigenvalue weighted by Gasteiger charge is -2.28. The number of hydrogen-bond donors (Lipinski definition) is 2. The van der Waals surface area contributed by atoms with Crippen LogP contribution in [-0.2, 0) is 4.79 Å². The van der Waals surface area contributed by atoms with E-state index in [1.54, 1.807) is 6.07 Å². The van der Waals surface area contributed by atoms with Gasteiger partial charge in [-0.2, -0.15) is 0 Å². The summed E-state index contributed by atoms with van der Waals surface area (Å²) < 4.78 is 0. The molecule has 1 aromatic carbocycles. The van der Waals surface area contributed by atoms with E-state index in [0.29, 0.717) is 24.9 Å². The summed E-state index contributed by atoms with van der Waals surface area (Å²) >= 11 is 0. The molecule has 1 aromatic rings. The lowest BCUT2D eigenvalue weighted by molar-refractivity contribution is -0.143. The van der Waals surface area contributed by atoms with Crippen LogP contribution in [0.5, 0.6) is 0 Å². The summed E-state index contributed by atoms with van der Waals surface area (Å²) in [6, 6.07) is 7.44. The Labute approximate surface area is 106 Å². The number of benzene rings is 1. The van der Waals surface area contributed by atoms with Crippen LogP contribution in [0.4, 0.5) is 0 Å². The predicted octanol–water partition coefficient (Wildman–Crippen LogP) is 2.01. The Morgan fingerprint density at radius 2 is 2.17 bits per heavy atom. The summed E-state index contributed by atoms with van der Waals surface area (Å²) in [5.74, 6) is -0.996. The van der Waals surface area contributed by atoms with Gasteiger partial charge in [0.05, 0.1) is 5.92 Å². The van der Waals surface area contributed by atoms with Crippen LogP contribution in [-0.4, -0.2) is 23.4 Å². The van der Waals surface area contributed by atoms with E-state index in [0.717, 1.165) is 5.56 Å². The van der Waals surface area contributed by atoms with Crippen molar-refractivity contribution < 1.29 is 14.7 Å². The van der Waals surface area contributed by atoms with Crippen molar-refractivity contribution in [2.75, 3.05) is 6.54 Å². The largest absolute Gasteiger partial charge is 0.481 e. The van der Waals surface area contributed by atoms with Crippen LogP contribution in [0.25, 0.3) is 0 Å². The number of carbonyl (C=O) groups excluding carboxylic acids is 1. The monoisotopic (exact) mass is 247 g/mol. The fraction of sp³-hybridized carbons (Fsp3) is 0.429. The van der Waals surface area contributed by atoms with Gasteiger partial charge in [-0.05, 0) is 37.9 Å². The van der Waals surface area contributed by atoms with Crippen LogP contribution in [0.3, 0.4) is 0 Å². The number of carboxylic acids is 1. The standard InChI is InChI=1S/C14H17NO3/c1-9(16)10-3-2-4-11(7-10)13-8-12(14(17)18)5-6-15-13/h2-4,7,12-13,15H,5-6,8H2,1H3,(H,17,18). The Bertz CT molecular complexity index is 470. The maximum atomic E-state index is 11.3. The lowest BCUT2D eigenvalue weighted by atomic mass is 9.88. The molecule has 1 heterocycles. The van der Waals surface area contributed by atoms with Crippen LogP contribution in [0.15, 0.2) is 24.3 Å². The van der Waals surface area contributed by atoms with Crippen LogP contribution in [0.2, 0.25) is 0 Å². The van der Waals surface area contributed by atoms with Crippen molar-refractivity contribution in [1.82, 2.24) is 5.32 Å². The number of Topliss-reactive ketones (excluding diaryl/α,β-unsaturated/α-hetero) is 1. The summed E-state index contributed by atoms with van der Waals surface area (Å²) in [5.41, 5.74) is 1.67. The summed E-state index contributed by atoms with van der Waals surface area (Å²) in [6.07, 6.45) is 1.24. The molecule has 96 valence electrons. The quantitative estimate of drug-likeness (QED) is 0.802. The fourth-order valence-corrected chi connectivity index (χ4v) is 2.37. The van der Waals surface area contributed by atoms with E-state index >= 15 is 0 Å². The maximum Gasteiger partial charge on any atom is 0.306 e. The van der Waals surface area contributed by atoms with Gasteiger partial charge >= 0.3 is 5.97 Å². The molecule has 0 amide bonds. The number of piperidine rings is 1. The molecular formula is C14H17NO3. The van der Waals surface area contributed by atoms with E-state index < -0.39 is 5.97 Å². The Balaban J connectivity index is 2.18. The molecule has 2 atom stereocenters. The highest BCUT2D eigenvalue weighted by atomic mass is 16.4. The molecule has 1 aliphatic rings. The van der Waals surface area contributed by atoms with E-state index in [1.165, 1.54) is 6.92 Å². The van der Waals surface area contributed by atoms with Gasteiger partial charge in [-0.3, -0.25) is 9.59 Å². The smallest absolute Gasteiger partial charge is 0.306 e. The van der Waals surface area contributed by atoms with Gasteiger partial charge in [0.2, 0.25) is 0 Å². The molecule has 1 aliphatic heterocycles. The molecule has 1 fully saturated rings. The minimum Gasteiger partial charge on any atom is -0.481 e. The van der Waals surface area contributed by atoms with Gasteiger partial charge in [-0.15, -0.1) is 0 Å². The molecule has 0 spiro atoms. The second-order valence-corrected chi connectivity index (χ2v) is 4.75. The third-order valence-electron chi connectivity index (χ3n) is 3.45. The molecule has 0 saturated carbocycles. The van der Waals surface area contributed by atoms with Gasteiger partial charge in [0.15, 0.2) is 5.78 Å². The molecule has 2 rings (SSSR count). The third kappa shape index (κ3) is 2.76. The number of ketones is 1. The molecule has 1 saturated heterocycles. The van der Waals surface area contributed by atoms with Crippen LogP contribution in [0, 0.1) is 5.92 Å². The molecule has 0 aromatic heterocycles. The van der Waals surface area contributed by atoms with Crippen molar-refractivity contribution in [3.8, 4) is 0 Å². The highest BCUT2D eigenvalue weighted by molar-refractivity contribution is 5.94. The normalized spacial score (nSPS) is 23.6. The molecule has 0 radical (unpaired) electrons. The zero-order chi connectivity index (χ0) is 13.1. The van der Waals surface area contributed by atoms with E-state index in [2.05, 4.69) is 5.32 Å². The van der Waals surface area contributed by atoms with Crippen LogP contribution < -0.4 is 5.32 Å². The van der Waals surface area contributed by atoms with Gasteiger partial charge in [-0.1, -0.05) is 18.2 Å². The Kier molecular flexibility index (Phi) is 3.77. The summed E-state index contributed by atoms with van der Waals surface area (Å²) in [6.45, 7) is 2.24. The molecule has 4 nitrogen and oxygen atoms in total. The molecule has 2 unspecified atom stereocenters. The Hall–Kier alpha value is -1.68. The van der Waals surface area contributed by atoms with Crippen molar-refractivity contribution >= 4 is 11.8 Å². The SMILES string of the molecule is CC(=O)c1cccc(C2CC(C(=O)O)CCN2)c1. The maximum absolute atomic E-state index is 11.3. The van der Waals surface area contributed by atoms with Crippen molar-refractivity contribution in [3.05, 3.63) is 35.4 Å². The minimum atomic E-state index is -0.732. The summed E-state index contributed by atoms with van der Waals surface area (Å²) in [7, 11) is 0. The summed E-state index contributed by atoms with van der Waals surface area (Å²) in [4.78, 5) is 22.4. The van der Waals surface area contributed by atoms with Gasteiger partial charge in [0.25, 0.3) is 0 Å². The molecule has 18 heavy (non-hydrogen) atoms. The number of aliphatic carboxylic acids is 1. The Morgan fingerprint density at radius 1 is 1.39 bits per heavy atom. The van der Waals surface area contributed by atoms with Crippen LogP contribution in [0.1, 0.15) is 41.7 Å². The minimum absolute atomic E-state index is 0.0270. The highest BCUT2D eigenvalue weighted by Crippen LogP contribution is 2.27. The van der Waals surface area contributed by atoms with E-state index in [1.807, 2.05) is 18.2 Å². The molecule has 4 heteroatoms. The first-order chi connectivity index (χ1) is 8.58. The average molecular weight is 247 g/mol. The molecule has 2 N–H and O–H groups in total. The first kappa shape index (κ1) is 12.8. The van der Waals surface area contributed by atoms with Crippen molar-refractivity contribution in [2.45, 2.75) is 25.8 Å². The van der Waals surface area contributed by atoms with Gasteiger partial charge in [0.1, 0.15) is 0 Å². The first-order valence-corrected chi connectivity index (χ1v) is 6.15. The van der Waals surface area contributed by atoms with Crippen LogP contribution >= 0.6 is 0 Å². The van der Waals surface area contributed by atoms with Gasteiger partial charge < -0.3 is 10.4 Å². The number of nitrogens with one attached hydrogen (secondary N) is 1. The predicted molar refractivity (Wildman–Crippen MR) is 67.6 cm³/mol. The zero-order valence-corrected chi connectivity index (χ0v) is 10.3. The highest BCUT2D eigenvalue weighted by Gasteiger charge is 2.27. The van der Waals surface area contributed by atoms with Crippen molar-refractivity contribution in [3.63, 3.8) is 0 Å². The third-order valence-corrected chi connectivity index (χ3v) is 3.45. The molecule has 0 aliphatic carbocycles. The second kappa shape index (κ2) is 5.31. The zero-order valence-electron chi connectivity index (χ0n) is 10.3. The van der Waals surface area contributed by atoms with E-state index in [4.69, 9.17) is 5.11 Å². The van der Waals surface area contributed by atoms with E-state index in [-0.39, 0.29) is 17.7 Å². The van der Waals surface area contributed by atoms with Crippen molar-refractivity contribution in [1.29, 1.82) is 0 Å². The average Bonchev–Trinajstić information content (AvgIpc) is 2.39. The second-order valence-electron chi connectivity index (χ2n) is 4.75. The number of carboxylic acid groups (broad SMARTS) is 1. The van der Waals surface area contributed by atoms with Gasteiger partial charge in [-0.25, -0.2) is 0 Å². The topological polar surface area (TPSA) is 66.4 Å². The fourth-order valence-electron chi connectivity index (χ4n) is 2.37. The Morgan fingerprint density at radius 3 is 2.83 bits per heavy atom. The summed E-state index contributed by atoms with van der Waals surface area (Å²) in [5, 5.41) is 12.4. The first-order valence-electron chi connectivity index (χ1n) is 6.15. The number of rotatable bonds is 3. The van der Waals surface area contributed by atoms with Crippen molar-refractivity contribution in [2.24, 2.45) is 5.92 Å². The van der Waals surface area contributed by atoms with Gasteiger partial charge in [0, 0.05) is 11.6 Å². The molecular weight excluding hydrogens is 230 g/mol. The number of hydrogen-bond acceptors (Lipinski definition) is 3. The number of carbonyl (C=O) groups is 2. The van der Waals surface area contributed by atoms with E-state index in [9.17, 15) is 9.59 Å². The lowest BCUT2D eigenvalue weighted by Crippen LogP contribution is -2.34.